The summed E-state index contributed by atoms with van der Waals surface area (Å²) in [4.78, 5) is 70.1. The van der Waals surface area contributed by atoms with Crippen LogP contribution in [0.3, 0.4) is 0 Å². The van der Waals surface area contributed by atoms with E-state index in [1.165, 1.54) is 11.8 Å². The summed E-state index contributed by atoms with van der Waals surface area (Å²) in [5.41, 5.74) is 10.3. The zero-order valence-corrected chi connectivity index (χ0v) is 17.5. The Morgan fingerprint density at radius 3 is 1.84 bits per heavy atom. The molecule has 0 saturated carbocycles. The largest absolute Gasteiger partial charge is 0.481 e. The third-order valence-electron chi connectivity index (χ3n) is 3.81. The molecule has 31 heavy (non-hydrogen) atoms. The molecule has 0 spiro atoms. The standard InChI is InChI=1S/C16H27N5O9S/c1-31-3-2-8(19-13(26)7(17)6-22)14(27)20-9(5-12(24)25)15(28)21-10(16(29)30)4-11(18)23/h7-10,22H,2-6,17H2,1H3,(H2,18,23)(H,19,26)(H,20,27)(H,21,28)(H,24,25)(H,29,30). The van der Waals surface area contributed by atoms with E-state index in [2.05, 4.69) is 10.6 Å². The number of hydrogen-bond acceptors (Lipinski definition) is 9. The van der Waals surface area contributed by atoms with Crippen molar-refractivity contribution < 1.29 is 44.1 Å². The van der Waals surface area contributed by atoms with Crippen LogP contribution in [0, 0.1) is 0 Å². The van der Waals surface area contributed by atoms with Crippen LogP contribution in [0.15, 0.2) is 0 Å². The molecule has 0 aliphatic carbocycles. The lowest BCUT2D eigenvalue weighted by Crippen LogP contribution is -2.58. The summed E-state index contributed by atoms with van der Waals surface area (Å²) in [6.07, 6.45) is 0.180. The molecule has 0 aromatic rings. The first-order valence-corrected chi connectivity index (χ1v) is 10.3. The Labute approximate surface area is 181 Å². The second kappa shape index (κ2) is 14.2. The highest BCUT2D eigenvalue weighted by Gasteiger charge is 2.31. The van der Waals surface area contributed by atoms with E-state index in [-0.39, 0.29) is 6.42 Å². The number of aliphatic hydroxyl groups is 1. The van der Waals surface area contributed by atoms with Crippen molar-refractivity contribution in [3.05, 3.63) is 0 Å². The summed E-state index contributed by atoms with van der Waals surface area (Å²) < 4.78 is 0. The van der Waals surface area contributed by atoms with Crippen molar-refractivity contribution in [1.82, 2.24) is 16.0 Å². The maximum absolute atomic E-state index is 12.6. The Morgan fingerprint density at radius 2 is 1.39 bits per heavy atom. The monoisotopic (exact) mass is 465 g/mol. The topological polar surface area (TPSA) is 251 Å². The Bertz CT molecular complexity index is 690. The van der Waals surface area contributed by atoms with Crippen molar-refractivity contribution in [1.29, 1.82) is 0 Å². The van der Waals surface area contributed by atoms with Gasteiger partial charge < -0.3 is 42.7 Å². The number of nitrogens with one attached hydrogen (secondary N) is 3. The van der Waals surface area contributed by atoms with Gasteiger partial charge in [0.2, 0.25) is 23.6 Å². The van der Waals surface area contributed by atoms with Crippen LogP contribution in [0.5, 0.6) is 0 Å². The molecule has 0 radical (unpaired) electrons. The predicted molar refractivity (Wildman–Crippen MR) is 108 cm³/mol. The summed E-state index contributed by atoms with van der Waals surface area (Å²) in [7, 11) is 0. The number of carboxylic acid groups (broad SMARTS) is 2. The smallest absolute Gasteiger partial charge is 0.326 e. The van der Waals surface area contributed by atoms with Crippen LogP contribution in [-0.2, 0) is 28.8 Å². The summed E-state index contributed by atoms with van der Waals surface area (Å²) in [5, 5.41) is 33.4. The van der Waals surface area contributed by atoms with Crippen LogP contribution >= 0.6 is 11.8 Å². The van der Waals surface area contributed by atoms with Gasteiger partial charge in [0, 0.05) is 0 Å². The first-order chi connectivity index (χ1) is 14.4. The van der Waals surface area contributed by atoms with Crippen molar-refractivity contribution in [3.8, 4) is 0 Å². The van der Waals surface area contributed by atoms with E-state index < -0.39 is 79.2 Å². The average Bonchev–Trinajstić information content (AvgIpc) is 2.68. The van der Waals surface area contributed by atoms with Crippen LogP contribution in [0.2, 0.25) is 0 Å². The van der Waals surface area contributed by atoms with Gasteiger partial charge in [0.05, 0.1) is 19.4 Å². The van der Waals surface area contributed by atoms with Gasteiger partial charge in [-0.15, -0.1) is 0 Å². The second-order valence-corrected chi connectivity index (χ2v) is 7.35. The highest BCUT2D eigenvalue weighted by atomic mass is 32.2. The molecule has 0 aromatic carbocycles. The zero-order chi connectivity index (χ0) is 24.1. The number of rotatable bonds is 15. The van der Waals surface area contributed by atoms with Crippen LogP contribution in [0.25, 0.3) is 0 Å². The highest BCUT2D eigenvalue weighted by Crippen LogP contribution is 2.04. The molecule has 176 valence electrons. The molecule has 0 aliphatic heterocycles. The van der Waals surface area contributed by atoms with E-state index in [4.69, 9.17) is 26.8 Å². The number of carboxylic acids is 2. The van der Waals surface area contributed by atoms with Gasteiger partial charge in [-0.3, -0.25) is 24.0 Å². The fourth-order valence-corrected chi connectivity index (χ4v) is 2.67. The van der Waals surface area contributed by atoms with Gasteiger partial charge in [0.25, 0.3) is 0 Å². The molecule has 15 heteroatoms. The summed E-state index contributed by atoms with van der Waals surface area (Å²) in [6.45, 7) is -0.677. The van der Waals surface area contributed by atoms with E-state index >= 15 is 0 Å². The van der Waals surface area contributed by atoms with E-state index in [0.717, 1.165) is 0 Å². The molecular weight excluding hydrogens is 438 g/mol. The van der Waals surface area contributed by atoms with Crippen molar-refractivity contribution >= 4 is 47.3 Å². The van der Waals surface area contributed by atoms with Crippen LogP contribution in [-0.4, -0.2) is 93.7 Å². The molecule has 0 bridgehead atoms. The van der Waals surface area contributed by atoms with Gasteiger partial charge in [-0.1, -0.05) is 0 Å². The molecule has 4 atom stereocenters. The van der Waals surface area contributed by atoms with Crippen LogP contribution in [0.1, 0.15) is 19.3 Å². The first kappa shape index (κ1) is 28.1. The second-order valence-electron chi connectivity index (χ2n) is 6.36. The van der Waals surface area contributed by atoms with Gasteiger partial charge in [0.15, 0.2) is 0 Å². The van der Waals surface area contributed by atoms with Gasteiger partial charge in [-0.05, 0) is 18.4 Å². The Balaban J connectivity index is 5.45. The fourth-order valence-electron chi connectivity index (χ4n) is 2.20. The average molecular weight is 465 g/mol. The predicted octanol–water partition coefficient (Wildman–Crippen LogP) is -4.05. The third kappa shape index (κ3) is 11.2. The minimum Gasteiger partial charge on any atom is -0.481 e. The summed E-state index contributed by atoms with van der Waals surface area (Å²) >= 11 is 1.35. The van der Waals surface area contributed by atoms with Crippen molar-refractivity contribution in [2.24, 2.45) is 11.5 Å². The third-order valence-corrected chi connectivity index (χ3v) is 4.45. The Hall–Kier alpha value is -2.91. The summed E-state index contributed by atoms with van der Waals surface area (Å²) in [5.74, 6) is -6.61. The van der Waals surface area contributed by atoms with Crippen molar-refractivity contribution in [2.75, 3.05) is 18.6 Å². The number of amides is 4. The van der Waals surface area contributed by atoms with E-state index in [1.807, 2.05) is 5.32 Å². The molecule has 4 unspecified atom stereocenters. The van der Waals surface area contributed by atoms with Gasteiger partial charge in [-0.2, -0.15) is 11.8 Å². The highest BCUT2D eigenvalue weighted by molar-refractivity contribution is 7.98. The molecule has 0 fully saturated rings. The van der Waals surface area contributed by atoms with Crippen LogP contribution in [0.4, 0.5) is 0 Å². The van der Waals surface area contributed by atoms with Crippen molar-refractivity contribution in [3.63, 3.8) is 0 Å². The Morgan fingerprint density at radius 1 is 0.871 bits per heavy atom. The first-order valence-electron chi connectivity index (χ1n) is 8.92. The van der Waals surface area contributed by atoms with Gasteiger partial charge in [0.1, 0.15) is 24.2 Å². The number of thioether (sulfide) groups is 1. The van der Waals surface area contributed by atoms with Crippen LogP contribution < -0.4 is 27.4 Å². The van der Waals surface area contributed by atoms with E-state index in [9.17, 15) is 28.8 Å². The Kier molecular flexibility index (Phi) is 12.8. The van der Waals surface area contributed by atoms with Gasteiger partial charge >= 0.3 is 11.9 Å². The number of primary amides is 1. The fraction of sp³-hybridized carbons (Fsp3) is 0.625. The van der Waals surface area contributed by atoms with Crippen molar-refractivity contribution in [2.45, 2.75) is 43.4 Å². The molecular formula is C16H27N5O9S. The molecule has 0 rings (SSSR count). The molecule has 14 nitrogen and oxygen atoms in total. The number of aliphatic hydroxyl groups excluding tert-OH is 1. The quantitative estimate of drug-likeness (QED) is 0.115. The number of carbonyl (C=O) groups is 6. The zero-order valence-electron chi connectivity index (χ0n) is 16.7. The minimum atomic E-state index is -1.73. The molecule has 0 aromatic heterocycles. The molecule has 4 amide bonds. The molecule has 10 N–H and O–H groups in total. The maximum atomic E-state index is 12.6. The van der Waals surface area contributed by atoms with E-state index in [0.29, 0.717) is 5.75 Å². The SMILES string of the molecule is CSCCC(NC(=O)C(N)CO)C(=O)NC(CC(=O)O)C(=O)NC(CC(N)=O)C(=O)O. The molecule has 0 aliphatic rings. The van der Waals surface area contributed by atoms with Gasteiger partial charge in [-0.25, -0.2) is 4.79 Å². The maximum Gasteiger partial charge on any atom is 0.326 e. The minimum absolute atomic E-state index is 0.0950. The normalized spacial score (nSPS) is 14.4. The number of carbonyl (C=O) groups excluding carboxylic acids is 4. The molecule has 0 saturated heterocycles. The number of aliphatic carboxylic acids is 2. The lowest BCUT2D eigenvalue weighted by atomic mass is 10.1. The lowest BCUT2D eigenvalue weighted by Gasteiger charge is -2.24. The molecule has 0 heterocycles. The number of nitrogens with two attached hydrogens (primary N) is 2. The number of hydrogen-bond donors (Lipinski definition) is 8. The lowest BCUT2D eigenvalue weighted by molar-refractivity contribution is -0.144. The van der Waals surface area contributed by atoms with E-state index in [1.54, 1.807) is 6.26 Å². The summed E-state index contributed by atoms with van der Waals surface area (Å²) in [6, 6.07) is -5.94.